The third kappa shape index (κ3) is 6.59. The Morgan fingerprint density at radius 1 is 1.36 bits per heavy atom. The van der Waals surface area contributed by atoms with E-state index in [1.54, 1.807) is 0 Å². The Hall–Kier alpha value is 0.160. The maximum absolute atomic E-state index is 10.7. The van der Waals surface area contributed by atoms with Crippen molar-refractivity contribution in [2.24, 2.45) is 5.92 Å². The Labute approximate surface area is 92.3 Å². The molecule has 1 rings (SSSR count). The van der Waals surface area contributed by atoms with Gasteiger partial charge in [-0.25, -0.2) is 13.1 Å². The van der Waals surface area contributed by atoms with Gasteiger partial charge in [-0.05, 0) is 38.3 Å². The van der Waals surface area contributed by atoms with Crippen molar-refractivity contribution in [3.8, 4) is 0 Å². The van der Waals surface area contributed by atoms with Crippen molar-refractivity contribution in [2.45, 2.75) is 19.3 Å². The van der Waals surface area contributed by atoms with E-state index in [9.17, 15) is 8.42 Å². The molecule has 1 fully saturated rings. The van der Waals surface area contributed by atoms with Gasteiger partial charge in [0.05, 0.1) is 6.26 Å². The van der Waals surface area contributed by atoms with E-state index in [0.29, 0.717) is 12.5 Å². The molecule has 0 radical (unpaired) electrons. The largest absolute Gasteiger partial charge is 0.317 e. The zero-order valence-corrected chi connectivity index (χ0v) is 10.1. The molecule has 0 unspecified atom stereocenters. The van der Waals surface area contributed by atoms with Gasteiger partial charge < -0.3 is 5.32 Å². The Balaban J connectivity index is 0.00000169. The molecular formula is C8H19ClN2O2S. The summed E-state index contributed by atoms with van der Waals surface area (Å²) >= 11 is 0. The molecule has 86 valence electrons. The average molecular weight is 243 g/mol. The lowest BCUT2D eigenvalue weighted by Crippen LogP contribution is -2.31. The average Bonchev–Trinajstić information content (AvgIpc) is 2.04. The standard InChI is InChI=1S/C8H18N2O2S.ClH/c1-13(11,12)10-7-4-8-2-5-9-6-3-8;/h8-10H,2-7H2,1H3;1H. The van der Waals surface area contributed by atoms with E-state index in [4.69, 9.17) is 0 Å². The summed E-state index contributed by atoms with van der Waals surface area (Å²) in [5, 5.41) is 3.28. The van der Waals surface area contributed by atoms with Gasteiger partial charge in [0.2, 0.25) is 10.0 Å². The van der Waals surface area contributed by atoms with Gasteiger partial charge in [0.25, 0.3) is 0 Å². The fourth-order valence-corrected chi connectivity index (χ4v) is 2.11. The summed E-state index contributed by atoms with van der Waals surface area (Å²) in [4.78, 5) is 0. The van der Waals surface area contributed by atoms with E-state index >= 15 is 0 Å². The van der Waals surface area contributed by atoms with Gasteiger partial charge in [-0.3, -0.25) is 0 Å². The summed E-state index contributed by atoms with van der Waals surface area (Å²) in [7, 11) is -2.99. The molecule has 0 spiro atoms. The van der Waals surface area contributed by atoms with Crippen LogP contribution in [0.1, 0.15) is 19.3 Å². The summed E-state index contributed by atoms with van der Waals surface area (Å²) < 4.78 is 24.0. The Kier molecular flexibility index (Phi) is 6.68. The number of rotatable bonds is 4. The molecule has 1 aliphatic rings. The molecule has 0 bridgehead atoms. The topological polar surface area (TPSA) is 58.2 Å². The fraction of sp³-hybridized carbons (Fsp3) is 1.00. The third-order valence-corrected chi connectivity index (χ3v) is 3.10. The van der Waals surface area contributed by atoms with Crippen LogP contribution < -0.4 is 10.0 Å². The van der Waals surface area contributed by atoms with Gasteiger partial charge in [-0.15, -0.1) is 12.4 Å². The molecule has 1 saturated heterocycles. The highest BCUT2D eigenvalue weighted by molar-refractivity contribution is 7.88. The number of hydrogen-bond acceptors (Lipinski definition) is 3. The summed E-state index contributed by atoms with van der Waals surface area (Å²) in [6, 6.07) is 0. The first-order valence-corrected chi connectivity index (χ1v) is 6.62. The van der Waals surface area contributed by atoms with Crippen LogP contribution in [0.5, 0.6) is 0 Å². The summed E-state index contributed by atoms with van der Waals surface area (Å²) in [6.07, 6.45) is 4.51. The minimum atomic E-state index is -2.99. The smallest absolute Gasteiger partial charge is 0.208 e. The van der Waals surface area contributed by atoms with Crippen LogP contribution in [-0.4, -0.2) is 34.3 Å². The fourth-order valence-electron chi connectivity index (χ4n) is 1.62. The summed E-state index contributed by atoms with van der Waals surface area (Å²) in [6.45, 7) is 2.73. The molecule has 0 saturated carbocycles. The molecule has 1 aliphatic heterocycles. The van der Waals surface area contributed by atoms with Gasteiger partial charge in [-0.2, -0.15) is 0 Å². The van der Waals surface area contributed by atoms with E-state index < -0.39 is 10.0 Å². The molecule has 0 amide bonds. The molecule has 0 aliphatic carbocycles. The van der Waals surface area contributed by atoms with Crippen molar-refractivity contribution in [1.82, 2.24) is 10.0 Å². The molecule has 6 heteroatoms. The van der Waals surface area contributed by atoms with Crippen LogP contribution in [0.3, 0.4) is 0 Å². The normalized spacial score (nSPS) is 18.9. The monoisotopic (exact) mass is 242 g/mol. The van der Waals surface area contributed by atoms with Crippen molar-refractivity contribution < 1.29 is 8.42 Å². The van der Waals surface area contributed by atoms with Crippen molar-refractivity contribution in [1.29, 1.82) is 0 Å². The zero-order valence-electron chi connectivity index (χ0n) is 8.45. The number of hydrogen-bond donors (Lipinski definition) is 2. The van der Waals surface area contributed by atoms with Gasteiger partial charge >= 0.3 is 0 Å². The van der Waals surface area contributed by atoms with Gasteiger partial charge in [0.1, 0.15) is 0 Å². The minimum absolute atomic E-state index is 0. The summed E-state index contributed by atoms with van der Waals surface area (Å²) in [5.41, 5.74) is 0. The Bertz CT molecular complexity index is 238. The van der Waals surface area contributed by atoms with Crippen LogP contribution in [0.25, 0.3) is 0 Å². The van der Waals surface area contributed by atoms with E-state index in [2.05, 4.69) is 10.0 Å². The second-order valence-corrected chi connectivity index (χ2v) is 5.48. The molecule has 0 aromatic carbocycles. The quantitative estimate of drug-likeness (QED) is 0.748. The lowest BCUT2D eigenvalue weighted by molar-refractivity contribution is 0.355. The van der Waals surface area contributed by atoms with Crippen LogP contribution in [0.15, 0.2) is 0 Å². The Morgan fingerprint density at radius 3 is 2.43 bits per heavy atom. The first kappa shape index (κ1) is 14.2. The van der Waals surface area contributed by atoms with Crippen molar-refractivity contribution in [3.05, 3.63) is 0 Å². The van der Waals surface area contributed by atoms with Gasteiger partial charge in [0.15, 0.2) is 0 Å². The van der Waals surface area contributed by atoms with Gasteiger partial charge in [-0.1, -0.05) is 0 Å². The van der Waals surface area contributed by atoms with Crippen molar-refractivity contribution in [2.75, 3.05) is 25.9 Å². The van der Waals surface area contributed by atoms with Crippen molar-refractivity contribution in [3.63, 3.8) is 0 Å². The number of sulfonamides is 1. The predicted molar refractivity (Wildman–Crippen MR) is 60.3 cm³/mol. The van der Waals surface area contributed by atoms with E-state index in [-0.39, 0.29) is 12.4 Å². The van der Waals surface area contributed by atoms with Crippen LogP contribution in [0.4, 0.5) is 0 Å². The molecule has 0 aromatic heterocycles. The molecule has 1 heterocycles. The molecule has 4 nitrogen and oxygen atoms in total. The number of nitrogens with one attached hydrogen (secondary N) is 2. The SMILES string of the molecule is CS(=O)(=O)NCCC1CCNCC1.Cl. The highest BCUT2D eigenvalue weighted by Gasteiger charge is 2.12. The van der Waals surface area contributed by atoms with Crippen LogP contribution >= 0.6 is 12.4 Å². The lowest BCUT2D eigenvalue weighted by Gasteiger charge is -2.22. The molecule has 14 heavy (non-hydrogen) atoms. The maximum Gasteiger partial charge on any atom is 0.208 e. The van der Waals surface area contributed by atoms with E-state index in [1.165, 1.54) is 19.1 Å². The van der Waals surface area contributed by atoms with Gasteiger partial charge in [0, 0.05) is 6.54 Å². The predicted octanol–water partition coefficient (Wildman–Crippen LogP) is 0.347. The van der Waals surface area contributed by atoms with E-state index in [1.807, 2.05) is 0 Å². The highest BCUT2D eigenvalue weighted by atomic mass is 35.5. The minimum Gasteiger partial charge on any atom is -0.317 e. The van der Waals surface area contributed by atoms with Crippen molar-refractivity contribution >= 4 is 22.4 Å². The maximum atomic E-state index is 10.7. The first-order chi connectivity index (χ1) is 6.08. The lowest BCUT2D eigenvalue weighted by atomic mass is 9.95. The summed E-state index contributed by atoms with van der Waals surface area (Å²) in [5.74, 6) is 0.690. The van der Waals surface area contributed by atoms with E-state index in [0.717, 1.165) is 19.5 Å². The number of piperidine rings is 1. The second-order valence-electron chi connectivity index (χ2n) is 3.65. The van der Waals surface area contributed by atoms with Crippen LogP contribution in [-0.2, 0) is 10.0 Å². The molecule has 0 atom stereocenters. The van der Waals surface area contributed by atoms with Crippen LogP contribution in [0.2, 0.25) is 0 Å². The van der Waals surface area contributed by atoms with Crippen LogP contribution in [0, 0.1) is 5.92 Å². The second kappa shape index (κ2) is 6.61. The molecule has 0 aromatic rings. The first-order valence-electron chi connectivity index (χ1n) is 4.73. The zero-order chi connectivity index (χ0) is 9.73. The highest BCUT2D eigenvalue weighted by Crippen LogP contribution is 2.14. The number of halogens is 1. The third-order valence-electron chi connectivity index (χ3n) is 2.38. The Morgan fingerprint density at radius 2 is 1.93 bits per heavy atom. The molecular weight excluding hydrogens is 224 g/mol. The molecule has 2 N–H and O–H groups in total.